The Kier molecular flexibility index (Phi) is 3.13. The Bertz CT molecular complexity index is 143. The topological polar surface area (TPSA) is 38.0 Å². The van der Waals surface area contributed by atoms with Gasteiger partial charge in [0.05, 0.1) is 0 Å². The van der Waals surface area contributed by atoms with Crippen molar-refractivity contribution in [3.63, 3.8) is 0 Å². The van der Waals surface area contributed by atoms with Gasteiger partial charge in [-0.1, -0.05) is 20.3 Å². The Balaban J connectivity index is 2.12. The van der Waals surface area contributed by atoms with E-state index < -0.39 is 0 Å². The normalized spacial score (nSPS) is 33.0. The summed E-state index contributed by atoms with van der Waals surface area (Å²) in [5.74, 6) is 0.877. The van der Waals surface area contributed by atoms with Gasteiger partial charge in [-0.3, -0.25) is 0 Å². The maximum Gasteiger partial charge on any atom is 0.0252 e. The van der Waals surface area contributed by atoms with Crippen molar-refractivity contribution in [2.24, 2.45) is 11.7 Å². The van der Waals surface area contributed by atoms with Crippen LogP contribution in [0.15, 0.2) is 0 Å². The summed E-state index contributed by atoms with van der Waals surface area (Å²) in [4.78, 5) is 0. The van der Waals surface area contributed by atoms with Crippen LogP contribution in [0.4, 0.5) is 0 Å². The smallest absolute Gasteiger partial charge is 0.0252 e. The van der Waals surface area contributed by atoms with E-state index in [2.05, 4.69) is 26.1 Å². The summed E-state index contributed by atoms with van der Waals surface area (Å²) in [6.07, 6.45) is 3.62. The molecule has 0 radical (unpaired) electrons. The van der Waals surface area contributed by atoms with E-state index in [4.69, 9.17) is 5.73 Å². The van der Waals surface area contributed by atoms with Gasteiger partial charge < -0.3 is 11.1 Å². The number of nitrogens with one attached hydrogen (secondary N) is 1. The highest BCUT2D eigenvalue weighted by Gasteiger charge is 2.33. The first-order chi connectivity index (χ1) is 5.55. The molecule has 3 atom stereocenters. The van der Waals surface area contributed by atoms with Crippen LogP contribution in [0, 0.1) is 5.92 Å². The lowest BCUT2D eigenvalue weighted by Crippen LogP contribution is -2.46. The van der Waals surface area contributed by atoms with Crippen LogP contribution in [-0.4, -0.2) is 18.1 Å². The molecule has 1 rings (SSSR count). The average Bonchev–Trinajstić information content (AvgIpc) is 2.63. The van der Waals surface area contributed by atoms with Crippen molar-refractivity contribution in [2.45, 2.75) is 51.6 Å². The van der Waals surface area contributed by atoms with Gasteiger partial charge in [-0.15, -0.1) is 0 Å². The summed E-state index contributed by atoms with van der Waals surface area (Å²) in [5, 5.41) is 3.51. The molecule has 1 saturated carbocycles. The maximum absolute atomic E-state index is 6.09. The second-order valence-electron chi connectivity index (χ2n) is 4.60. The van der Waals surface area contributed by atoms with E-state index in [9.17, 15) is 0 Å². The van der Waals surface area contributed by atoms with E-state index in [0.717, 1.165) is 24.9 Å². The van der Waals surface area contributed by atoms with Crippen LogP contribution >= 0.6 is 0 Å². The number of nitrogens with two attached hydrogens (primary N) is 1. The van der Waals surface area contributed by atoms with Crippen LogP contribution in [-0.2, 0) is 0 Å². The quantitative estimate of drug-likeness (QED) is 0.656. The van der Waals surface area contributed by atoms with Crippen LogP contribution in [0.3, 0.4) is 0 Å². The van der Waals surface area contributed by atoms with Gasteiger partial charge in [-0.25, -0.2) is 0 Å². The predicted molar refractivity (Wildman–Crippen MR) is 53.1 cm³/mol. The number of rotatable bonds is 5. The fraction of sp³-hybridized carbons (Fsp3) is 1.00. The zero-order chi connectivity index (χ0) is 9.19. The van der Waals surface area contributed by atoms with Crippen LogP contribution in [0.5, 0.6) is 0 Å². The Morgan fingerprint density at radius 2 is 2.17 bits per heavy atom. The fourth-order valence-corrected chi connectivity index (χ4v) is 1.63. The van der Waals surface area contributed by atoms with Gasteiger partial charge in [0.1, 0.15) is 0 Å². The lowest BCUT2D eigenvalue weighted by atomic mass is 9.98. The average molecular weight is 170 g/mol. The molecule has 2 heteroatoms. The predicted octanol–water partition coefficient (Wildman–Crippen LogP) is 1.50. The van der Waals surface area contributed by atoms with Crippen molar-refractivity contribution in [3.05, 3.63) is 0 Å². The second kappa shape index (κ2) is 3.75. The molecular weight excluding hydrogens is 148 g/mol. The largest absolute Gasteiger partial charge is 0.324 e. The van der Waals surface area contributed by atoms with E-state index in [0.29, 0.717) is 0 Å². The minimum atomic E-state index is -0.00292. The Labute approximate surface area is 75.9 Å². The van der Waals surface area contributed by atoms with Crippen LogP contribution in [0.2, 0.25) is 0 Å². The monoisotopic (exact) mass is 170 g/mol. The number of hydrogen-bond acceptors (Lipinski definition) is 2. The van der Waals surface area contributed by atoms with E-state index >= 15 is 0 Å². The third kappa shape index (κ3) is 3.11. The zero-order valence-corrected chi connectivity index (χ0v) is 8.56. The lowest BCUT2D eigenvalue weighted by Gasteiger charge is -2.24. The van der Waals surface area contributed by atoms with Gasteiger partial charge >= 0.3 is 0 Å². The molecular formula is C10H22N2. The fourth-order valence-electron chi connectivity index (χ4n) is 1.63. The second-order valence-corrected chi connectivity index (χ2v) is 4.60. The summed E-state index contributed by atoms with van der Waals surface area (Å²) in [5.41, 5.74) is 6.08. The molecule has 1 fully saturated rings. The maximum atomic E-state index is 6.09. The van der Waals surface area contributed by atoms with Crippen molar-refractivity contribution in [2.75, 3.05) is 6.54 Å². The number of hydrogen-bond donors (Lipinski definition) is 2. The summed E-state index contributed by atoms with van der Waals surface area (Å²) >= 11 is 0. The van der Waals surface area contributed by atoms with Gasteiger partial charge in [0.2, 0.25) is 0 Å². The van der Waals surface area contributed by atoms with Crippen molar-refractivity contribution in [3.8, 4) is 0 Å². The molecule has 0 heterocycles. The van der Waals surface area contributed by atoms with Gasteiger partial charge in [-0.05, 0) is 25.7 Å². The van der Waals surface area contributed by atoms with Crippen LogP contribution in [0.1, 0.15) is 40.0 Å². The summed E-state index contributed by atoms with van der Waals surface area (Å²) in [6, 6.07) is 0.754. The van der Waals surface area contributed by atoms with Gasteiger partial charge in [0.15, 0.2) is 0 Å². The third-order valence-electron chi connectivity index (χ3n) is 2.70. The minimum absolute atomic E-state index is 0.00292. The first-order valence-corrected chi connectivity index (χ1v) is 5.07. The highest BCUT2D eigenvalue weighted by atomic mass is 15.0. The van der Waals surface area contributed by atoms with E-state index in [1.807, 2.05) is 0 Å². The Hall–Kier alpha value is -0.0800. The molecule has 2 nitrogen and oxygen atoms in total. The summed E-state index contributed by atoms with van der Waals surface area (Å²) in [7, 11) is 0. The zero-order valence-electron chi connectivity index (χ0n) is 8.56. The molecule has 3 N–H and O–H groups in total. The SMILES string of the molecule is CCCC(C)(N)CNC1CC1C. The highest BCUT2D eigenvalue weighted by molar-refractivity contribution is 4.92. The van der Waals surface area contributed by atoms with Gasteiger partial charge in [0.25, 0.3) is 0 Å². The minimum Gasteiger partial charge on any atom is -0.324 e. The van der Waals surface area contributed by atoms with E-state index in [1.165, 1.54) is 12.8 Å². The van der Waals surface area contributed by atoms with Crippen LogP contribution in [0.25, 0.3) is 0 Å². The first-order valence-electron chi connectivity index (χ1n) is 5.07. The molecule has 0 aromatic rings. The lowest BCUT2D eigenvalue weighted by molar-refractivity contribution is 0.392. The molecule has 1 aliphatic rings. The molecule has 0 spiro atoms. The van der Waals surface area contributed by atoms with Crippen molar-refractivity contribution in [1.29, 1.82) is 0 Å². The van der Waals surface area contributed by atoms with E-state index in [1.54, 1.807) is 0 Å². The molecule has 3 unspecified atom stereocenters. The molecule has 0 aromatic carbocycles. The summed E-state index contributed by atoms with van der Waals surface area (Å²) < 4.78 is 0. The van der Waals surface area contributed by atoms with Gasteiger partial charge in [0, 0.05) is 18.1 Å². The molecule has 0 aliphatic heterocycles. The first kappa shape index (κ1) is 10.0. The molecule has 1 aliphatic carbocycles. The Morgan fingerprint density at radius 3 is 2.58 bits per heavy atom. The molecule has 12 heavy (non-hydrogen) atoms. The van der Waals surface area contributed by atoms with Crippen LogP contribution < -0.4 is 11.1 Å². The highest BCUT2D eigenvalue weighted by Crippen LogP contribution is 2.29. The van der Waals surface area contributed by atoms with Crippen molar-refractivity contribution >= 4 is 0 Å². The molecule has 0 amide bonds. The van der Waals surface area contributed by atoms with Crippen molar-refractivity contribution < 1.29 is 0 Å². The third-order valence-corrected chi connectivity index (χ3v) is 2.70. The van der Waals surface area contributed by atoms with Crippen molar-refractivity contribution in [1.82, 2.24) is 5.32 Å². The molecule has 0 aromatic heterocycles. The molecule has 0 saturated heterocycles. The Morgan fingerprint density at radius 1 is 1.58 bits per heavy atom. The summed E-state index contributed by atoms with van der Waals surface area (Å²) in [6.45, 7) is 7.57. The van der Waals surface area contributed by atoms with E-state index in [-0.39, 0.29) is 5.54 Å². The van der Waals surface area contributed by atoms with Gasteiger partial charge in [-0.2, -0.15) is 0 Å². The molecule has 72 valence electrons. The molecule has 0 bridgehead atoms. The standard InChI is InChI=1S/C10H22N2/c1-4-5-10(3,11)7-12-9-6-8(9)2/h8-9,12H,4-7,11H2,1-3H3.